The number of hydrogen-bond acceptors (Lipinski definition) is 2. The first-order valence-corrected chi connectivity index (χ1v) is 5.56. The zero-order valence-corrected chi connectivity index (χ0v) is 10.7. The number of allylic oxidation sites excluding steroid dienone is 1. The molecule has 0 saturated carbocycles. The maximum absolute atomic E-state index is 11.8. The topological polar surface area (TPSA) is 38.3 Å². The van der Waals surface area contributed by atoms with Gasteiger partial charge in [0.15, 0.2) is 0 Å². The quantitative estimate of drug-likeness (QED) is 0.866. The second-order valence-corrected chi connectivity index (χ2v) is 3.97. The Balaban J connectivity index is 2.58. The molecular weight excluding hydrogens is 283 g/mol. The standard InChI is InChI=1S/C12H11ClF3NO2/c1-19-10-6-8(2-3-9(10)13)7-17-11(18)4-5-12(14,15)16/h2-6H,7H2,1H3,(H,17,18)/b5-4+. The van der Waals surface area contributed by atoms with Crippen LogP contribution in [0.4, 0.5) is 13.2 Å². The predicted molar refractivity (Wildman–Crippen MR) is 65.0 cm³/mol. The number of amides is 1. The van der Waals surface area contributed by atoms with Crippen LogP contribution in [0.2, 0.25) is 5.02 Å². The highest BCUT2D eigenvalue weighted by molar-refractivity contribution is 6.32. The van der Waals surface area contributed by atoms with Crippen LogP contribution in [0.1, 0.15) is 5.56 Å². The van der Waals surface area contributed by atoms with Crippen molar-refractivity contribution in [2.24, 2.45) is 0 Å². The van der Waals surface area contributed by atoms with Gasteiger partial charge in [0.1, 0.15) is 5.75 Å². The third-order valence-corrected chi connectivity index (χ3v) is 2.42. The van der Waals surface area contributed by atoms with Gasteiger partial charge in [-0.15, -0.1) is 0 Å². The van der Waals surface area contributed by atoms with E-state index >= 15 is 0 Å². The van der Waals surface area contributed by atoms with Crippen molar-refractivity contribution in [3.63, 3.8) is 0 Å². The second-order valence-electron chi connectivity index (χ2n) is 3.56. The Hall–Kier alpha value is -1.69. The highest BCUT2D eigenvalue weighted by atomic mass is 35.5. The maximum Gasteiger partial charge on any atom is 0.409 e. The highest BCUT2D eigenvalue weighted by Crippen LogP contribution is 2.24. The van der Waals surface area contributed by atoms with Crippen molar-refractivity contribution >= 4 is 17.5 Å². The van der Waals surface area contributed by atoms with Gasteiger partial charge in [-0.25, -0.2) is 0 Å². The van der Waals surface area contributed by atoms with Crippen LogP contribution in [0, 0.1) is 0 Å². The number of alkyl halides is 3. The lowest BCUT2D eigenvalue weighted by molar-refractivity contribution is -0.117. The molecule has 0 aliphatic rings. The van der Waals surface area contributed by atoms with Gasteiger partial charge in [0.05, 0.1) is 12.1 Å². The molecule has 0 saturated heterocycles. The van der Waals surface area contributed by atoms with E-state index in [0.717, 1.165) is 0 Å². The van der Waals surface area contributed by atoms with E-state index in [9.17, 15) is 18.0 Å². The Morgan fingerprint density at radius 2 is 2.16 bits per heavy atom. The predicted octanol–water partition coefficient (Wildman–Crippen LogP) is 3.08. The van der Waals surface area contributed by atoms with Gasteiger partial charge in [-0.05, 0) is 17.7 Å². The average Bonchev–Trinajstić information content (AvgIpc) is 2.34. The summed E-state index contributed by atoms with van der Waals surface area (Å²) in [6.45, 7) is 0.0779. The van der Waals surface area contributed by atoms with E-state index in [2.05, 4.69) is 5.32 Å². The van der Waals surface area contributed by atoms with Crippen LogP contribution in [0.25, 0.3) is 0 Å². The second kappa shape index (κ2) is 6.47. The summed E-state index contributed by atoms with van der Waals surface area (Å²) >= 11 is 5.81. The molecule has 0 spiro atoms. The zero-order valence-electron chi connectivity index (χ0n) is 9.92. The molecule has 0 radical (unpaired) electrons. The van der Waals surface area contributed by atoms with E-state index in [-0.39, 0.29) is 12.6 Å². The summed E-state index contributed by atoms with van der Waals surface area (Å²) in [5.41, 5.74) is 0.662. The molecule has 1 aromatic carbocycles. The van der Waals surface area contributed by atoms with E-state index in [0.29, 0.717) is 22.4 Å². The number of hydrogen-bond donors (Lipinski definition) is 1. The van der Waals surface area contributed by atoms with E-state index < -0.39 is 12.1 Å². The van der Waals surface area contributed by atoms with Crippen LogP contribution >= 0.6 is 11.6 Å². The Morgan fingerprint density at radius 1 is 1.47 bits per heavy atom. The third kappa shape index (κ3) is 5.65. The van der Waals surface area contributed by atoms with Crippen LogP contribution in [0.3, 0.4) is 0 Å². The molecule has 0 atom stereocenters. The van der Waals surface area contributed by atoms with Gasteiger partial charge in [-0.2, -0.15) is 13.2 Å². The number of benzene rings is 1. The molecular formula is C12H11ClF3NO2. The van der Waals surface area contributed by atoms with Crippen molar-refractivity contribution in [1.82, 2.24) is 5.32 Å². The number of methoxy groups -OCH3 is 1. The molecule has 0 aliphatic heterocycles. The monoisotopic (exact) mass is 293 g/mol. The van der Waals surface area contributed by atoms with Crippen molar-refractivity contribution in [3.05, 3.63) is 40.9 Å². The smallest absolute Gasteiger partial charge is 0.409 e. The minimum atomic E-state index is -4.50. The van der Waals surface area contributed by atoms with Crippen molar-refractivity contribution in [3.8, 4) is 5.75 Å². The Kier molecular flexibility index (Phi) is 5.23. The van der Waals surface area contributed by atoms with Crippen LogP contribution in [-0.2, 0) is 11.3 Å². The molecule has 1 N–H and O–H groups in total. The number of nitrogens with one attached hydrogen (secondary N) is 1. The van der Waals surface area contributed by atoms with Crippen LogP contribution in [0.5, 0.6) is 5.75 Å². The number of carbonyl (C=O) groups is 1. The SMILES string of the molecule is COc1cc(CNC(=O)/C=C/C(F)(F)F)ccc1Cl. The maximum atomic E-state index is 11.8. The Morgan fingerprint density at radius 3 is 2.74 bits per heavy atom. The van der Waals surface area contributed by atoms with E-state index in [1.807, 2.05) is 0 Å². The van der Waals surface area contributed by atoms with Gasteiger partial charge in [0, 0.05) is 18.7 Å². The normalized spacial score (nSPS) is 11.6. The summed E-state index contributed by atoms with van der Waals surface area (Å²) in [5.74, 6) is -0.398. The number of halogens is 4. The summed E-state index contributed by atoms with van der Waals surface area (Å²) in [5, 5.41) is 2.73. The number of ether oxygens (including phenoxy) is 1. The van der Waals surface area contributed by atoms with Crippen molar-refractivity contribution in [2.45, 2.75) is 12.7 Å². The van der Waals surface area contributed by atoms with Crippen molar-refractivity contribution in [2.75, 3.05) is 7.11 Å². The summed E-state index contributed by atoms with van der Waals surface area (Å²) < 4.78 is 40.5. The Labute approximate surface area is 113 Å². The first-order chi connectivity index (χ1) is 8.81. The molecule has 0 fully saturated rings. The zero-order chi connectivity index (χ0) is 14.5. The molecule has 0 aromatic heterocycles. The molecule has 104 valence electrons. The molecule has 3 nitrogen and oxygen atoms in total. The summed E-state index contributed by atoms with van der Waals surface area (Å²) in [7, 11) is 1.44. The van der Waals surface area contributed by atoms with Crippen molar-refractivity contribution < 1.29 is 22.7 Å². The third-order valence-electron chi connectivity index (χ3n) is 2.11. The van der Waals surface area contributed by atoms with Crippen LogP contribution < -0.4 is 10.1 Å². The molecule has 7 heteroatoms. The fourth-order valence-corrected chi connectivity index (χ4v) is 1.43. The molecule has 0 heterocycles. The molecule has 1 aromatic rings. The molecule has 19 heavy (non-hydrogen) atoms. The highest BCUT2D eigenvalue weighted by Gasteiger charge is 2.22. The van der Waals surface area contributed by atoms with E-state index in [1.54, 1.807) is 18.2 Å². The fraction of sp³-hybridized carbons (Fsp3) is 0.250. The van der Waals surface area contributed by atoms with Gasteiger partial charge in [-0.3, -0.25) is 4.79 Å². The average molecular weight is 294 g/mol. The van der Waals surface area contributed by atoms with Gasteiger partial charge in [-0.1, -0.05) is 17.7 Å². The molecule has 0 aliphatic carbocycles. The molecule has 1 amide bonds. The fourth-order valence-electron chi connectivity index (χ4n) is 1.23. The first-order valence-electron chi connectivity index (χ1n) is 5.18. The lowest BCUT2D eigenvalue weighted by atomic mass is 10.2. The lowest BCUT2D eigenvalue weighted by Gasteiger charge is -2.07. The summed E-state index contributed by atoms with van der Waals surface area (Å²) in [6.07, 6.45) is -4.18. The van der Waals surface area contributed by atoms with Gasteiger partial charge < -0.3 is 10.1 Å². The Bertz CT molecular complexity index is 486. The number of rotatable bonds is 4. The minimum absolute atomic E-state index is 0.0779. The van der Waals surface area contributed by atoms with E-state index in [1.165, 1.54) is 7.11 Å². The molecule has 0 unspecified atom stereocenters. The number of carbonyl (C=O) groups excluding carboxylic acids is 1. The van der Waals surface area contributed by atoms with E-state index in [4.69, 9.17) is 16.3 Å². The molecule has 1 rings (SSSR count). The van der Waals surface area contributed by atoms with Gasteiger partial charge >= 0.3 is 6.18 Å². The van der Waals surface area contributed by atoms with Gasteiger partial charge in [0.2, 0.25) is 5.91 Å². The first kappa shape index (κ1) is 15.4. The minimum Gasteiger partial charge on any atom is -0.495 e. The van der Waals surface area contributed by atoms with Gasteiger partial charge in [0.25, 0.3) is 0 Å². The molecule has 0 bridgehead atoms. The summed E-state index contributed by atoms with van der Waals surface area (Å²) in [4.78, 5) is 11.1. The summed E-state index contributed by atoms with van der Waals surface area (Å²) in [6, 6.07) is 4.81. The van der Waals surface area contributed by atoms with Crippen molar-refractivity contribution in [1.29, 1.82) is 0 Å². The largest absolute Gasteiger partial charge is 0.495 e. The lowest BCUT2D eigenvalue weighted by Crippen LogP contribution is -2.21. The van der Waals surface area contributed by atoms with Crippen LogP contribution in [0.15, 0.2) is 30.4 Å². The van der Waals surface area contributed by atoms with Crippen LogP contribution in [-0.4, -0.2) is 19.2 Å².